The van der Waals surface area contributed by atoms with Gasteiger partial charge in [-0.1, -0.05) is 48.5 Å². The van der Waals surface area contributed by atoms with Gasteiger partial charge >= 0.3 is 0 Å². The van der Waals surface area contributed by atoms with Gasteiger partial charge in [-0.3, -0.25) is 24.7 Å². The van der Waals surface area contributed by atoms with Crippen LogP contribution in [-0.4, -0.2) is 95.0 Å². The number of hydrogen-bond acceptors (Lipinski definition) is 6. The zero-order chi connectivity index (χ0) is 28.9. The third-order valence-electron chi connectivity index (χ3n) is 8.89. The molecule has 42 heavy (non-hydrogen) atoms. The Balaban J connectivity index is 1.09. The maximum atomic E-state index is 4.83. The summed E-state index contributed by atoms with van der Waals surface area (Å²) in [5.74, 6) is 0. The summed E-state index contributed by atoms with van der Waals surface area (Å²) in [6.45, 7) is 15.7. The van der Waals surface area contributed by atoms with Crippen LogP contribution in [0.4, 0.5) is 0 Å². The number of nitrogens with zero attached hydrogens (tertiary/aromatic N) is 6. The molecule has 0 radical (unpaired) electrons. The van der Waals surface area contributed by atoms with Crippen molar-refractivity contribution < 1.29 is 0 Å². The van der Waals surface area contributed by atoms with Crippen LogP contribution >= 0.6 is 0 Å². The van der Waals surface area contributed by atoms with E-state index in [4.69, 9.17) is 4.98 Å². The van der Waals surface area contributed by atoms with Crippen LogP contribution in [0.2, 0.25) is 0 Å². The first-order valence-electron chi connectivity index (χ1n) is 15.5. The molecule has 0 atom stereocenters. The molecule has 2 saturated heterocycles. The Morgan fingerprint density at radius 3 is 1.95 bits per heavy atom. The highest BCUT2D eigenvalue weighted by Crippen LogP contribution is 2.27. The minimum atomic E-state index is 0.640. The van der Waals surface area contributed by atoms with E-state index in [-0.39, 0.29) is 0 Å². The van der Waals surface area contributed by atoms with Crippen molar-refractivity contribution in [1.29, 1.82) is 0 Å². The predicted octanol–water partition coefficient (Wildman–Crippen LogP) is 5.75. The highest BCUT2D eigenvalue weighted by atomic mass is 15.3. The fourth-order valence-corrected chi connectivity index (χ4v) is 6.09. The molecule has 0 unspecified atom stereocenters. The average Bonchev–Trinajstić information content (AvgIpc) is 3.03. The topological polar surface area (TPSA) is 38.7 Å². The normalized spacial score (nSPS) is 17.6. The smallest absolute Gasteiger partial charge is 0.0718 e. The van der Waals surface area contributed by atoms with E-state index in [1.54, 1.807) is 0 Å². The van der Waals surface area contributed by atoms with Crippen LogP contribution in [0.25, 0.3) is 33.5 Å². The van der Waals surface area contributed by atoms with Gasteiger partial charge in [0.1, 0.15) is 0 Å². The van der Waals surface area contributed by atoms with Crippen LogP contribution in [0.15, 0.2) is 85.3 Å². The Kier molecular flexibility index (Phi) is 9.06. The maximum absolute atomic E-state index is 4.83. The van der Waals surface area contributed by atoms with E-state index in [2.05, 4.69) is 112 Å². The van der Waals surface area contributed by atoms with Gasteiger partial charge in [0.05, 0.1) is 5.69 Å². The maximum Gasteiger partial charge on any atom is 0.0718 e. The Morgan fingerprint density at radius 2 is 1.26 bits per heavy atom. The molecule has 2 aliphatic heterocycles. The van der Waals surface area contributed by atoms with Crippen LogP contribution < -0.4 is 0 Å². The van der Waals surface area contributed by atoms with Crippen molar-refractivity contribution in [2.45, 2.75) is 33.0 Å². The van der Waals surface area contributed by atoms with Gasteiger partial charge in [-0.05, 0) is 61.3 Å². The molecule has 2 aromatic heterocycles. The molecule has 6 rings (SSSR count). The largest absolute Gasteiger partial charge is 0.304 e. The average molecular weight is 561 g/mol. The molecule has 2 aliphatic rings. The van der Waals surface area contributed by atoms with Gasteiger partial charge in [0.2, 0.25) is 0 Å². The van der Waals surface area contributed by atoms with Gasteiger partial charge in [-0.2, -0.15) is 0 Å². The highest BCUT2D eigenvalue weighted by molar-refractivity contribution is 5.72. The summed E-state index contributed by atoms with van der Waals surface area (Å²) in [5, 5.41) is 0. The van der Waals surface area contributed by atoms with E-state index in [0.717, 1.165) is 87.8 Å². The molecule has 4 heterocycles. The number of hydrogen-bond donors (Lipinski definition) is 0. The van der Waals surface area contributed by atoms with Gasteiger partial charge in [0, 0.05) is 107 Å². The molecule has 2 fully saturated rings. The molecule has 4 aromatic rings. The monoisotopic (exact) mass is 560 g/mol. The molecule has 0 aliphatic carbocycles. The number of rotatable bonds is 8. The summed E-state index contributed by atoms with van der Waals surface area (Å²) in [6, 6.07) is 25.0. The van der Waals surface area contributed by atoms with Crippen LogP contribution in [-0.2, 0) is 13.1 Å². The first-order valence-corrected chi connectivity index (χ1v) is 15.5. The third kappa shape index (κ3) is 7.13. The molecule has 0 bridgehead atoms. The summed E-state index contributed by atoms with van der Waals surface area (Å²) < 4.78 is 0. The number of benzene rings is 2. The van der Waals surface area contributed by atoms with Crippen LogP contribution in [0, 0.1) is 0 Å². The van der Waals surface area contributed by atoms with Gasteiger partial charge in [-0.25, -0.2) is 0 Å². The lowest BCUT2D eigenvalue weighted by molar-refractivity contribution is 0.104. The summed E-state index contributed by atoms with van der Waals surface area (Å²) >= 11 is 0. The van der Waals surface area contributed by atoms with Crippen molar-refractivity contribution in [1.82, 2.24) is 29.6 Å². The summed E-state index contributed by atoms with van der Waals surface area (Å²) in [7, 11) is 2.20. The molecule has 0 amide bonds. The molecule has 6 nitrogen and oxygen atoms in total. The highest BCUT2D eigenvalue weighted by Gasteiger charge is 2.19. The Bertz CT molecular complexity index is 1430. The fraction of sp³-hybridized carbons (Fsp3) is 0.389. The van der Waals surface area contributed by atoms with Crippen molar-refractivity contribution >= 4 is 0 Å². The van der Waals surface area contributed by atoms with E-state index in [0.29, 0.717) is 6.04 Å². The minimum Gasteiger partial charge on any atom is -0.304 e. The second-order valence-electron chi connectivity index (χ2n) is 12.3. The van der Waals surface area contributed by atoms with Gasteiger partial charge in [0.25, 0.3) is 0 Å². The van der Waals surface area contributed by atoms with Gasteiger partial charge in [0.15, 0.2) is 0 Å². The second kappa shape index (κ2) is 13.3. The first-order chi connectivity index (χ1) is 20.5. The fourth-order valence-electron chi connectivity index (χ4n) is 6.09. The second-order valence-corrected chi connectivity index (χ2v) is 12.3. The van der Waals surface area contributed by atoms with Crippen molar-refractivity contribution in [2.75, 3.05) is 59.4 Å². The lowest BCUT2D eigenvalue weighted by Gasteiger charge is -2.36. The molecule has 6 heteroatoms. The molecular formula is C36H44N6. The lowest BCUT2D eigenvalue weighted by atomic mass is 10.0. The van der Waals surface area contributed by atoms with Crippen LogP contribution in [0.3, 0.4) is 0 Å². The molecule has 2 aromatic carbocycles. The SMILES string of the molecule is CC(C)N1CCN(Cc2ccc(-c3ccc(-c4cncc(-c5cccc(CN6CCN(C)CC6)c5)c4)nc3)cc2)CC1. The Hall–Kier alpha value is -3.42. The van der Waals surface area contributed by atoms with E-state index in [9.17, 15) is 0 Å². The predicted molar refractivity (Wildman–Crippen MR) is 173 cm³/mol. The zero-order valence-electron chi connectivity index (χ0n) is 25.4. The minimum absolute atomic E-state index is 0.640. The zero-order valence-corrected chi connectivity index (χ0v) is 25.4. The third-order valence-corrected chi connectivity index (χ3v) is 8.89. The van der Waals surface area contributed by atoms with Crippen LogP contribution in [0.5, 0.6) is 0 Å². The Labute approximate surface area is 251 Å². The van der Waals surface area contributed by atoms with Crippen molar-refractivity contribution in [3.8, 4) is 33.5 Å². The molecular weight excluding hydrogens is 516 g/mol. The molecule has 0 spiro atoms. The molecule has 218 valence electrons. The summed E-state index contributed by atoms with van der Waals surface area (Å²) in [4.78, 5) is 19.5. The van der Waals surface area contributed by atoms with E-state index in [1.807, 2.05) is 18.6 Å². The van der Waals surface area contributed by atoms with Crippen molar-refractivity contribution in [2.24, 2.45) is 0 Å². The Morgan fingerprint density at radius 1 is 0.595 bits per heavy atom. The standard InChI is InChI=1S/C36H44N6/c1-28(2)42-19-17-41(18-20-42)26-29-7-9-31(10-8-29)33-11-12-36(38-25-33)35-22-34(23-37-24-35)32-6-4-5-30(21-32)27-40-15-13-39(3)14-16-40/h4-12,21-25,28H,13-20,26-27H2,1-3H3. The first kappa shape index (κ1) is 28.7. The van der Waals surface area contributed by atoms with E-state index < -0.39 is 0 Å². The number of pyridine rings is 2. The lowest BCUT2D eigenvalue weighted by Crippen LogP contribution is -2.48. The van der Waals surface area contributed by atoms with Gasteiger partial charge < -0.3 is 4.90 Å². The number of aromatic nitrogens is 2. The van der Waals surface area contributed by atoms with E-state index in [1.165, 1.54) is 22.3 Å². The number of likely N-dealkylation sites (N-methyl/N-ethyl adjacent to an activating group) is 1. The summed E-state index contributed by atoms with van der Waals surface area (Å²) in [5.41, 5.74) is 9.37. The van der Waals surface area contributed by atoms with Crippen molar-refractivity contribution in [3.63, 3.8) is 0 Å². The van der Waals surface area contributed by atoms with Gasteiger partial charge in [-0.15, -0.1) is 0 Å². The van der Waals surface area contributed by atoms with Crippen LogP contribution in [0.1, 0.15) is 25.0 Å². The summed E-state index contributed by atoms with van der Waals surface area (Å²) in [6.07, 6.45) is 5.85. The quantitative estimate of drug-likeness (QED) is 0.273. The molecule has 0 saturated carbocycles. The number of piperazine rings is 2. The molecule has 0 N–H and O–H groups in total. The van der Waals surface area contributed by atoms with Crippen molar-refractivity contribution in [3.05, 3.63) is 96.4 Å². The van der Waals surface area contributed by atoms with E-state index >= 15 is 0 Å².